The van der Waals surface area contributed by atoms with Gasteiger partial charge >= 0.3 is 6.18 Å². The average Bonchev–Trinajstić information content (AvgIpc) is 2.03. The highest BCUT2D eigenvalue weighted by Gasteiger charge is 2.45. The zero-order chi connectivity index (χ0) is 10.1. The van der Waals surface area contributed by atoms with E-state index in [1.165, 1.54) is 0 Å². The van der Waals surface area contributed by atoms with Crippen molar-refractivity contribution < 1.29 is 13.2 Å². The summed E-state index contributed by atoms with van der Waals surface area (Å²) in [7, 11) is 0. The second kappa shape index (κ2) is 3.72. The van der Waals surface area contributed by atoms with Gasteiger partial charge in [-0.15, -0.1) is 0 Å². The van der Waals surface area contributed by atoms with Gasteiger partial charge in [0.2, 0.25) is 0 Å². The first-order valence-electron chi connectivity index (χ1n) is 4.65. The molecule has 2 atom stereocenters. The fourth-order valence-electron chi connectivity index (χ4n) is 2.11. The third-order valence-corrected chi connectivity index (χ3v) is 2.82. The van der Waals surface area contributed by atoms with Crippen LogP contribution in [0.25, 0.3) is 0 Å². The summed E-state index contributed by atoms with van der Waals surface area (Å²) in [5.74, 6) is -1.48. The number of hydrogen-bond acceptors (Lipinski definition) is 0. The third kappa shape index (κ3) is 2.48. The highest BCUT2D eigenvalue weighted by molar-refractivity contribution is 5.02. The van der Waals surface area contributed by atoms with Gasteiger partial charge in [0, 0.05) is 0 Å². The Kier molecular flexibility index (Phi) is 3.04. The van der Waals surface area contributed by atoms with Crippen molar-refractivity contribution in [3.05, 3.63) is 12.2 Å². The van der Waals surface area contributed by atoms with Crippen LogP contribution in [0.3, 0.4) is 0 Å². The normalized spacial score (nSPS) is 30.2. The molecule has 0 bridgehead atoms. The van der Waals surface area contributed by atoms with Crippen molar-refractivity contribution in [1.82, 2.24) is 0 Å². The molecule has 1 rings (SSSR count). The van der Waals surface area contributed by atoms with Crippen molar-refractivity contribution in [3.8, 4) is 0 Å². The number of rotatable bonds is 1. The van der Waals surface area contributed by atoms with E-state index in [1.54, 1.807) is 6.92 Å². The molecule has 0 aliphatic heterocycles. The lowest BCUT2D eigenvalue weighted by Crippen LogP contribution is -2.33. The second-order valence-corrected chi connectivity index (χ2v) is 3.89. The van der Waals surface area contributed by atoms with Gasteiger partial charge in [0.05, 0.1) is 5.92 Å². The van der Waals surface area contributed by atoms with Gasteiger partial charge in [-0.05, 0) is 25.7 Å². The fourth-order valence-corrected chi connectivity index (χ4v) is 2.11. The van der Waals surface area contributed by atoms with Crippen LogP contribution in [-0.4, -0.2) is 6.18 Å². The summed E-state index contributed by atoms with van der Waals surface area (Å²) in [6.45, 7) is 5.35. The van der Waals surface area contributed by atoms with Crippen molar-refractivity contribution in [1.29, 1.82) is 0 Å². The summed E-state index contributed by atoms with van der Waals surface area (Å²) in [5, 5.41) is 0. The van der Waals surface area contributed by atoms with Crippen LogP contribution in [0.1, 0.15) is 32.6 Å². The number of alkyl halides is 3. The molecule has 1 fully saturated rings. The predicted octanol–water partition coefficient (Wildman–Crippen LogP) is 3.93. The molecule has 0 aromatic rings. The van der Waals surface area contributed by atoms with E-state index < -0.39 is 12.1 Å². The van der Waals surface area contributed by atoms with E-state index in [1.807, 2.05) is 0 Å². The maximum Gasteiger partial charge on any atom is 0.392 e. The molecular weight excluding hydrogens is 177 g/mol. The summed E-state index contributed by atoms with van der Waals surface area (Å²) in [6, 6.07) is 0. The Hall–Kier alpha value is -0.470. The molecule has 0 spiro atoms. The second-order valence-electron chi connectivity index (χ2n) is 3.89. The van der Waals surface area contributed by atoms with Crippen molar-refractivity contribution in [2.24, 2.45) is 11.8 Å². The summed E-state index contributed by atoms with van der Waals surface area (Å²) >= 11 is 0. The molecular formula is C10H15F3. The van der Waals surface area contributed by atoms with E-state index >= 15 is 0 Å². The van der Waals surface area contributed by atoms with Gasteiger partial charge in [-0.3, -0.25) is 0 Å². The quantitative estimate of drug-likeness (QED) is 0.552. The number of allylic oxidation sites excluding steroid dienone is 1. The summed E-state index contributed by atoms with van der Waals surface area (Å²) in [4.78, 5) is 0. The molecule has 1 saturated carbocycles. The fraction of sp³-hybridized carbons (Fsp3) is 0.800. The molecule has 0 N–H and O–H groups in total. The first kappa shape index (κ1) is 10.6. The maximum atomic E-state index is 12.5. The monoisotopic (exact) mass is 192 g/mol. The van der Waals surface area contributed by atoms with Gasteiger partial charge in [0.1, 0.15) is 0 Å². The van der Waals surface area contributed by atoms with Crippen LogP contribution >= 0.6 is 0 Å². The Morgan fingerprint density at radius 1 is 1.23 bits per heavy atom. The standard InChI is InChI=1S/C10H15F3/c1-7(2)8-5-3-4-6-9(8)10(11,12)13/h8-9H,1,3-6H2,2H3. The van der Waals surface area contributed by atoms with Crippen LogP contribution in [0.5, 0.6) is 0 Å². The highest BCUT2D eigenvalue weighted by atomic mass is 19.4. The Bertz CT molecular complexity index is 193. The Morgan fingerprint density at radius 2 is 1.77 bits per heavy atom. The first-order chi connectivity index (χ1) is 5.93. The molecule has 0 saturated heterocycles. The number of halogens is 3. The average molecular weight is 192 g/mol. The van der Waals surface area contributed by atoms with Crippen LogP contribution in [0.2, 0.25) is 0 Å². The summed E-state index contributed by atoms with van der Waals surface area (Å²) < 4.78 is 37.5. The Balaban J connectivity index is 2.73. The Labute approximate surface area is 76.8 Å². The van der Waals surface area contributed by atoms with Crippen LogP contribution in [0, 0.1) is 11.8 Å². The van der Waals surface area contributed by atoms with Crippen LogP contribution in [-0.2, 0) is 0 Å². The molecule has 13 heavy (non-hydrogen) atoms. The molecule has 0 heterocycles. The van der Waals surface area contributed by atoms with E-state index in [0.717, 1.165) is 6.42 Å². The van der Waals surface area contributed by atoms with Crippen molar-refractivity contribution in [3.63, 3.8) is 0 Å². The molecule has 2 unspecified atom stereocenters. The number of hydrogen-bond donors (Lipinski definition) is 0. The van der Waals surface area contributed by atoms with Gasteiger partial charge in [-0.1, -0.05) is 25.0 Å². The molecule has 3 heteroatoms. The third-order valence-electron chi connectivity index (χ3n) is 2.82. The van der Waals surface area contributed by atoms with E-state index in [-0.39, 0.29) is 12.3 Å². The minimum absolute atomic E-state index is 0.279. The molecule has 76 valence electrons. The zero-order valence-electron chi connectivity index (χ0n) is 7.82. The lowest BCUT2D eigenvalue weighted by Gasteiger charge is -2.33. The van der Waals surface area contributed by atoms with Gasteiger partial charge < -0.3 is 0 Å². The molecule has 1 aliphatic carbocycles. The molecule has 0 nitrogen and oxygen atoms in total. The molecule has 0 amide bonds. The molecule has 0 radical (unpaired) electrons. The van der Waals surface area contributed by atoms with E-state index in [4.69, 9.17) is 0 Å². The highest BCUT2D eigenvalue weighted by Crippen LogP contribution is 2.43. The summed E-state index contributed by atoms with van der Waals surface area (Å²) in [6.07, 6.45) is -1.50. The van der Waals surface area contributed by atoms with Crippen molar-refractivity contribution >= 4 is 0 Å². The lowest BCUT2D eigenvalue weighted by molar-refractivity contribution is -0.192. The SMILES string of the molecule is C=C(C)C1CCCCC1C(F)(F)F. The molecule has 0 aromatic carbocycles. The molecule has 0 aromatic heterocycles. The first-order valence-corrected chi connectivity index (χ1v) is 4.65. The Morgan fingerprint density at radius 3 is 2.15 bits per heavy atom. The maximum absolute atomic E-state index is 12.5. The van der Waals surface area contributed by atoms with Crippen LogP contribution in [0.4, 0.5) is 13.2 Å². The van der Waals surface area contributed by atoms with Crippen molar-refractivity contribution in [2.75, 3.05) is 0 Å². The minimum atomic E-state index is -4.04. The van der Waals surface area contributed by atoms with E-state index in [9.17, 15) is 13.2 Å². The van der Waals surface area contributed by atoms with Gasteiger partial charge in [-0.2, -0.15) is 13.2 Å². The molecule has 1 aliphatic rings. The van der Waals surface area contributed by atoms with Gasteiger partial charge in [0.25, 0.3) is 0 Å². The lowest BCUT2D eigenvalue weighted by atomic mass is 9.75. The smallest absolute Gasteiger partial charge is 0.171 e. The minimum Gasteiger partial charge on any atom is -0.171 e. The zero-order valence-corrected chi connectivity index (χ0v) is 7.82. The van der Waals surface area contributed by atoms with Crippen LogP contribution in [0.15, 0.2) is 12.2 Å². The van der Waals surface area contributed by atoms with E-state index in [0.29, 0.717) is 18.4 Å². The van der Waals surface area contributed by atoms with Crippen LogP contribution < -0.4 is 0 Å². The van der Waals surface area contributed by atoms with Gasteiger partial charge in [-0.25, -0.2) is 0 Å². The van der Waals surface area contributed by atoms with E-state index in [2.05, 4.69) is 6.58 Å². The van der Waals surface area contributed by atoms with Crippen molar-refractivity contribution in [2.45, 2.75) is 38.8 Å². The summed E-state index contributed by atoms with van der Waals surface area (Å²) in [5.41, 5.74) is 0.682. The van der Waals surface area contributed by atoms with Gasteiger partial charge in [0.15, 0.2) is 0 Å². The topological polar surface area (TPSA) is 0 Å². The predicted molar refractivity (Wildman–Crippen MR) is 46.3 cm³/mol. The largest absolute Gasteiger partial charge is 0.392 e.